The van der Waals surface area contributed by atoms with Gasteiger partial charge in [0.1, 0.15) is 6.23 Å². The van der Waals surface area contributed by atoms with Crippen molar-refractivity contribution in [2.24, 2.45) is 5.92 Å². The van der Waals surface area contributed by atoms with Crippen LogP contribution in [0.4, 0.5) is 0 Å². The maximum atomic E-state index is 13.2. The van der Waals surface area contributed by atoms with Gasteiger partial charge in [-0.05, 0) is 74.4 Å². The lowest BCUT2D eigenvalue weighted by Gasteiger charge is -2.22. The van der Waals surface area contributed by atoms with Crippen LogP contribution >= 0.6 is 0 Å². The minimum atomic E-state index is -3.48. The molecule has 0 amide bonds. The van der Waals surface area contributed by atoms with Crippen LogP contribution in [0.25, 0.3) is 22.0 Å². The predicted octanol–water partition coefficient (Wildman–Crippen LogP) is 5.30. The van der Waals surface area contributed by atoms with Crippen LogP contribution in [0.15, 0.2) is 78.1 Å². The number of benzene rings is 2. The molecule has 3 atom stereocenters. The van der Waals surface area contributed by atoms with Crippen LogP contribution in [0.5, 0.6) is 0 Å². The van der Waals surface area contributed by atoms with Gasteiger partial charge < -0.3 is 9.30 Å². The standard InChI is InChI=1S/C28H32N4O3S/c1-21-15-22(19-32(21)36(33,34)26-7-3-2-4-8-26)18-30-13-12-24-16-23(10-11-27(24)30)25-17-29-31(20-25)28-9-5-6-14-35-28/h2-4,7-8,10-13,16-17,20-22,28H,5-6,9,14-15,18-19H2,1H3/t21-,22-,28?/m1/s1. The summed E-state index contributed by atoms with van der Waals surface area (Å²) < 4.78 is 38.1. The minimum absolute atomic E-state index is 0.0154. The molecular weight excluding hydrogens is 472 g/mol. The molecule has 2 aromatic heterocycles. The van der Waals surface area contributed by atoms with E-state index in [2.05, 4.69) is 46.3 Å². The number of ether oxygens (including phenoxy) is 1. The summed E-state index contributed by atoms with van der Waals surface area (Å²) in [6, 6.07) is 17.4. The third-order valence-electron chi connectivity index (χ3n) is 7.57. The minimum Gasteiger partial charge on any atom is -0.357 e. The second-order valence-electron chi connectivity index (χ2n) is 10.1. The van der Waals surface area contributed by atoms with Gasteiger partial charge in [0.2, 0.25) is 10.0 Å². The molecule has 36 heavy (non-hydrogen) atoms. The Labute approximate surface area is 212 Å². The average Bonchev–Trinajstić information content (AvgIpc) is 3.64. The smallest absolute Gasteiger partial charge is 0.243 e. The second kappa shape index (κ2) is 9.50. The number of aromatic nitrogens is 3. The SMILES string of the molecule is C[C@@H]1C[C@H](Cn2ccc3cc(-c4cnn(C5CCCCO5)c4)ccc32)CN1S(=O)(=O)c1ccccc1. The Hall–Kier alpha value is -2.94. The Morgan fingerprint density at radius 1 is 1.06 bits per heavy atom. The molecule has 188 valence electrons. The summed E-state index contributed by atoms with van der Waals surface area (Å²) in [7, 11) is -3.48. The molecule has 0 aliphatic carbocycles. The van der Waals surface area contributed by atoms with E-state index >= 15 is 0 Å². The van der Waals surface area contributed by atoms with Crippen LogP contribution in [0, 0.1) is 5.92 Å². The van der Waals surface area contributed by atoms with Gasteiger partial charge in [-0.1, -0.05) is 24.3 Å². The van der Waals surface area contributed by atoms with Crippen LogP contribution in [0.2, 0.25) is 0 Å². The first-order chi connectivity index (χ1) is 17.5. The zero-order chi connectivity index (χ0) is 24.7. The van der Waals surface area contributed by atoms with Crippen molar-refractivity contribution in [3.63, 3.8) is 0 Å². The quantitative estimate of drug-likeness (QED) is 0.357. The molecule has 4 heterocycles. The molecule has 8 heteroatoms. The van der Waals surface area contributed by atoms with E-state index in [1.807, 2.05) is 23.9 Å². The van der Waals surface area contributed by atoms with Gasteiger partial charge in [0.05, 0.1) is 11.1 Å². The molecule has 1 unspecified atom stereocenters. The summed E-state index contributed by atoms with van der Waals surface area (Å²) >= 11 is 0. The predicted molar refractivity (Wildman–Crippen MR) is 140 cm³/mol. The van der Waals surface area contributed by atoms with Crippen LogP contribution in [0.1, 0.15) is 38.8 Å². The van der Waals surface area contributed by atoms with E-state index in [-0.39, 0.29) is 18.2 Å². The molecule has 0 saturated carbocycles. The highest BCUT2D eigenvalue weighted by atomic mass is 32.2. The highest BCUT2D eigenvalue weighted by Crippen LogP contribution is 2.32. The monoisotopic (exact) mass is 504 g/mol. The van der Waals surface area contributed by atoms with E-state index in [1.54, 1.807) is 28.6 Å². The van der Waals surface area contributed by atoms with Crippen molar-refractivity contribution in [2.75, 3.05) is 13.2 Å². The zero-order valence-corrected chi connectivity index (χ0v) is 21.3. The molecule has 2 saturated heterocycles. The van der Waals surface area contributed by atoms with Crippen molar-refractivity contribution >= 4 is 20.9 Å². The topological polar surface area (TPSA) is 69.4 Å². The molecule has 7 nitrogen and oxygen atoms in total. The number of nitrogens with zero attached hydrogens (tertiary/aromatic N) is 4. The number of hydrogen-bond acceptors (Lipinski definition) is 4. The van der Waals surface area contributed by atoms with E-state index in [1.165, 1.54) is 17.3 Å². The number of fused-ring (bicyclic) bond motifs is 1. The Balaban J connectivity index is 1.18. The molecule has 6 rings (SSSR count). The largest absolute Gasteiger partial charge is 0.357 e. The summed E-state index contributed by atoms with van der Waals surface area (Å²) in [5.41, 5.74) is 3.39. The normalized spacial score (nSPS) is 23.4. The summed E-state index contributed by atoms with van der Waals surface area (Å²) in [5, 5.41) is 5.73. The fraction of sp³-hybridized carbons (Fsp3) is 0.393. The van der Waals surface area contributed by atoms with E-state index < -0.39 is 10.0 Å². The van der Waals surface area contributed by atoms with E-state index in [9.17, 15) is 8.42 Å². The summed E-state index contributed by atoms with van der Waals surface area (Å²) in [4.78, 5) is 0.370. The highest BCUT2D eigenvalue weighted by molar-refractivity contribution is 7.89. The van der Waals surface area contributed by atoms with Gasteiger partial charge in [0.25, 0.3) is 0 Å². The summed E-state index contributed by atoms with van der Waals surface area (Å²) in [5.74, 6) is 0.266. The van der Waals surface area contributed by atoms with E-state index in [0.29, 0.717) is 11.4 Å². The second-order valence-corrected chi connectivity index (χ2v) is 12.0. The van der Waals surface area contributed by atoms with Crippen LogP contribution in [0.3, 0.4) is 0 Å². The molecule has 0 radical (unpaired) electrons. The number of hydrogen-bond donors (Lipinski definition) is 0. The average molecular weight is 505 g/mol. The third kappa shape index (κ3) is 4.38. The lowest BCUT2D eigenvalue weighted by Crippen LogP contribution is -2.34. The number of rotatable bonds is 6. The lowest BCUT2D eigenvalue weighted by molar-refractivity contribution is -0.0394. The first-order valence-corrected chi connectivity index (χ1v) is 14.2. The molecule has 2 aliphatic heterocycles. The van der Waals surface area contributed by atoms with Crippen LogP contribution in [-0.4, -0.2) is 46.3 Å². The number of sulfonamides is 1. The fourth-order valence-electron chi connectivity index (χ4n) is 5.70. The van der Waals surface area contributed by atoms with Crippen molar-refractivity contribution in [1.82, 2.24) is 18.7 Å². The summed E-state index contributed by atoms with van der Waals surface area (Å²) in [6.45, 7) is 4.15. The summed E-state index contributed by atoms with van der Waals surface area (Å²) in [6.07, 6.45) is 10.3. The fourth-order valence-corrected chi connectivity index (χ4v) is 7.44. The highest BCUT2D eigenvalue weighted by Gasteiger charge is 2.37. The van der Waals surface area contributed by atoms with Crippen molar-refractivity contribution in [3.8, 4) is 11.1 Å². The molecular formula is C28H32N4O3S. The van der Waals surface area contributed by atoms with Gasteiger partial charge in [-0.25, -0.2) is 13.1 Å². The maximum absolute atomic E-state index is 13.2. The van der Waals surface area contributed by atoms with Crippen molar-refractivity contribution < 1.29 is 13.2 Å². The lowest BCUT2D eigenvalue weighted by atomic mass is 10.1. The molecule has 2 aliphatic rings. The van der Waals surface area contributed by atoms with Gasteiger partial charge in [0.15, 0.2) is 0 Å². The molecule has 2 fully saturated rings. The van der Waals surface area contributed by atoms with E-state index in [0.717, 1.165) is 43.5 Å². The Bertz CT molecular complexity index is 1450. The Morgan fingerprint density at radius 2 is 1.92 bits per heavy atom. The zero-order valence-electron chi connectivity index (χ0n) is 20.5. The first-order valence-electron chi connectivity index (χ1n) is 12.8. The van der Waals surface area contributed by atoms with Crippen molar-refractivity contribution in [2.45, 2.75) is 56.3 Å². The first kappa shape index (κ1) is 23.5. The van der Waals surface area contributed by atoms with Gasteiger partial charge in [0, 0.05) is 54.6 Å². The van der Waals surface area contributed by atoms with Gasteiger partial charge in [-0.3, -0.25) is 0 Å². The van der Waals surface area contributed by atoms with Crippen molar-refractivity contribution in [1.29, 1.82) is 0 Å². The van der Waals surface area contributed by atoms with Crippen LogP contribution in [-0.2, 0) is 21.3 Å². The molecule has 0 bridgehead atoms. The molecule has 0 N–H and O–H groups in total. The molecule has 2 aromatic carbocycles. The third-order valence-corrected chi connectivity index (χ3v) is 9.56. The van der Waals surface area contributed by atoms with Crippen LogP contribution < -0.4 is 0 Å². The van der Waals surface area contributed by atoms with Gasteiger partial charge in [-0.15, -0.1) is 0 Å². The Morgan fingerprint density at radius 3 is 2.72 bits per heavy atom. The maximum Gasteiger partial charge on any atom is 0.243 e. The van der Waals surface area contributed by atoms with Crippen molar-refractivity contribution in [3.05, 3.63) is 73.2 Å². The van der Waals surface area contributed by atoms with Gasteiger partial charge in [-0.2, -0.15) is 9.40 Å². The van der Waals surface area contributed by atoms with E-state index in [4.69, 9.17) is 4.74 Å². The van der Waals surface area contributed by atoms with Gasteiger partial charge >= 0.3 is 0 Å². The molecule has 0 spiro atoms. The Kier molecular flexibility index (Phi) is 6.19. The molecule has 4 aromatic rings.